The number of benzene rings is 1. The van der Waals surface area contributed by atoms with Gasteiger partial charge < -0.3 is 29.1 Å². The first-order valence-corrected chi connectivity index (χ1v) is 11.5. The molecule has 2 aliphatic heterocycles. The molecule has 2 aromatic rings. The average molecular weight is 503 g/mol. The lowest BCUT2D eigenvalue weighted by atomic mass is 10.0. The summed E-state index contributed by atoms with van der Waals surface area (Å²) in [6, 6.07) is 9.13. The molecule has 2 N–H and O–H groups in total. The van der Waals surface area contributed by atoms with Crippen LogP contribution in [0.1, 0.15) is 23.2 Å². The quantitative estimate of drug-likeness (QED) is 0.384. The van der Waals surface area contributed by atoms with Crippen molar-refractivity contribution in [1.82, 2.24) is 10.2 Å². The molecule has 2 atom stereocenters. The van der Waals surface area contributed by atoms with Gasteiger partial charge in [-0.05, 0) is 36.4 Å². The molecule has 12 heteroatoms. The number of hydrogen-bond donors (Lipinski definition) is 2. The molecule has 0 bridgehead atoms. The lowest BCUT2D eigenvalue weighted by Gasteiger charge is -2.49. The molecule has 0 aliphatic carbocycles. The minimum Gasteiger partial charge on any atom is -0.497 e. The SMILES string of the molecule is COc1ccc(OCc2ccc(C(=O)NC3C(=O)N4C(C(=O)O)=C(COC(C)=O)CSC34)o2)cc1. The number of thioether (sulfide) groups is 1. The molecule has 11 nitrogen and oxygen atoms in total. The Labute approximate surface area is 204 Å². The van der Waals surface area contributed by atoms with Crippen LogP contribution in [0.15, 0.2) is 52.1 Å². The van der Waals surface area contributed by atoms with Gasteiger partial charge in [-0.15, -0.1) is 11.8 Å². The second kappa shape index (κ2) is 10.1. The molecule has 0 saturated carbocycles. The van der Waals surface area contributed by atoms with Gasteiger partial charge in [-0.25, -0.2) is 4.79 Å². The summed E-state index contributed by atoms with van der Waals surface area (Å²) in [6.45, 7) is 1.09. The highest BCUT2D eigenvalue weighted by atomic mass is 32.2. The number of methoxy groups -OCH3 is 1. The van der Waals surface area contributed by atoms with Crippen molar-refractivity contribution in [3.63, 3.8) is 0 Å². The van der Waals surface area contributed by atoms with Gasteiger partial charge in [0.25, 0.3) is 11.8 Å². The van der Waals surface area contributed by atoms with E-state index in [1.54, 1.807) is 37.4 Å². The summed E-state index contributed by atoms with van der Waals surface area (Å²) in [6.07, 6.45) is 0. The largest absolute Gasteiger partial charge is 0.497 e. The van der Waals surface area contributed by atoms with Gasteiger partial charge in [0.1, 0.15) is 47.6 Å². The molecule has 1 aromatic carbocycles. The molecule has 3 heterocycles. The molecular weight excluding hydrogens is 480 g/mol. The van der Waals surface area contributed by atoms with E-state index in [0.717, 1.165) is 4.90 Å². The molecule has 2 unspecified atom stereocenters. The van der Waals surface area contributed by atoms with Gasteiger partial charge >= 0.3 is 11.9 Å². The number of esters is 1. The number of aliphatic carboxylic acids is 1. The van der Waals surface area contributed by atoms with Crippen molar-refractivity contribution in [3.8, 4) is 11.5 Å². The number of nitrogens with one attached hydrogen (secondary N) is 1. The number of carbonyl (C=O) groups is 4. The van der Waals surface area contributed by atoms with Crippen molar-refractivity contribution in [1.29, 1.82) is 0 Å². The lowest BCUT2D eigenvalue weighted by Crippen LogP contribution is -2.70. The predicted octanol–water partition coefficient (Wildman–Crippen LogP) is 1.78. The number of β-lactam (4-membered cyclic amide) rings is 1. The van der Waals surface area contributed by atoms with Crippen LogP contribution >= 0.6 is 11.8 Å². The Hall–Kier alpha value is -3.93. The molecule has 4 rings (SSSR count). The van der Waals surface area contributed by atoms with Crippen molar-refractivity contribution in [2.75, 3.05) is 19.5 Å². The average Bonchev–Trinajstić information content (AvgIpc) is 3.33. The zero-order valence-electron chi connectivity index (χ0n) is 18.8. The number of carboxylic acid groups (broad SMARTS) is 1. The number of fused-ring (bicyclic) bond motifs is 1. The summed E-state index contributed by atoms with van der Waals surface area (Å²) in [5.74, 6) is -1.10. The van der Waals surface area contributed by atoms with Gasteiger partial charge in [0.2, 0.25) is 0 Å². The summed E-state index contributed by atoms with van der Waals surface area (Å²) in [4.78, 5) is 49.3. The Morgan fingerprint density at radius 1 is 1.14 bits per heavy atom. The minimum absolute atomic E-state index is 0.00469. The molecule has 2 aliphatic rings. The molecule has 0 radical (unpaired) electrons. The lowest BCUT2D eigenvalue weighted by molar-refractivity contribution is -0.149. The van der Waals surface area contributed by atoms with Gasteiger partial charge in [-0.1, -0.05) is 0 Å². The van der Waals surface area contributed by atoms with Crippen molar-refractivity contribution in [3.05, 3.63) is 59.2 Å². The maximum atomic E-state index is 12.7. The Balaban J connectivity index is 1.36. The molecule has 0 spiro atoms. The normalized spacial score (nSPS) is 18.9. The summed E-state index contributed by atoms with van der Waals surface area (Å²) < 4.78 is 21.2. The minimum atomic E-state index is -1.30. The molecule has 35 heavy (non-hydrogen) atoms. The topological polar surface area (TPSA) is 145 Å². The second-order valence-corrected chi connectivity index (χ2v) is 8.73. The Morgan fingerprint density at radius 3 is 2.51 bits per heavy atom. The van der Waals surface area contributed by atoms with Crippen LogP contribution in [0.3, 0.4) is 0 Å². The highest BCUT2D eigenvalue weighted by Crippen LogP contribution is 2.40. The number of amides is 2. The zero-order valence-corrected chi connectivity index (χ0v) is 19.6. The van der Waals surface area contributed by atoms with E-state index in [1.165, 1.54) is 24.8 Å². The standard InChI is InChI=1S/C23H22N2O9S/c1-12(26)32-9-13-11-35-22-18(21(28)25(22)19(13)23(29)30)24-20(27)17-8-7-16(34-17)10-33-15-5-3-14(31-2)4-6-15/h3-8,18,22H,9-11H2,1-2H3,(H,24,27)(H,29,30). The van der Waals surface area contributed by atoms with E-state index in [1.807, 2.05) is 0 Å². The van der Waals surface area contributed by atoms with Crippen molar-refractivity contribution < 1.29 is 42.9 Å². The Kier molecular flexibility index (Phi) is 7.01. The predicted molar refractivity (Wildman–Crippen MR) is 122 cm³/mol. The van der Waals surface area contributed by atoms with Crippen LogP contribution < -0.4 is 14.8 Å². The number of carboxylic acids is 1. The van der Waals surface area contributed by atoms with Crippen LogP contribution in [0, 0.1) is 0 Å². The Bertz CT molecular complexity index is 1190. The number of ether oxygens (including phenoxy) is 3. The maximum Gasteiger partial charge on any atom is 0.352 e. The molecule has 2 amide bonds. The number of nitrogens with zero attached hydrogens (tertiary/aromatic N) is 1. The van der Waals surface area contributed by atoms with Gasteiger partial charge in [-0.3, -0.25) is 19.3 Å². The van der Waals surface area contributed by atoms with Crippen LogP contribution in [0.5, 0.6) is 11.5 Å². The maximum absolute atomic E-state index is 12.7. The second-order valence-electron chi connectivity index (χ2n) is 7.63. The summed E-state index contributed by atoms with van der Waals surface area (Å²) in [5.41, 5.74) is 0.0982. The van der Waals surface area contributed by atoms with E-state index >= 15 is 0 Å². The molecule has 1 saturated heterocycles. The number of carbonyl (C=O) groups excluding carboxylic acids is 3. The van der Waals surface area contributed by atoms with Gasteiger partial charge in [-0.2, -0.15) is 0 Å². The third-order valence-corrected chi connectivity index (χ3v) is 6.65. The number of rotatable bonds is 9. The van der Waals surface area contributed by atoms with Crippen molar-refractivity contribution >= 4 is 35.5 Å². The first-order valence-electron chi connectivity index (χ1n) is 10.5. The van der Waals surface area contributed by atoms with E-state index in [2.05, 4.69) is 5.32 Å². The van der Waals surface area contributed by atoms with Gasteiger partial charge in [0.05, 0.1) is 7.11 Å². The molecule has 1 aromatic heterocycles. The van der Waals surface area contributed by atoms with E-state index in [4.69, 9.17) is 18.6 Å². The van der Waals surface area contributed by atoms with E-state index < -0.39 is 35.2 Å². The van der Waals surface area contributed by atoms with Crippen LogP contribution in [0.25, 0.3) is 0 Å². The molecule has 184 valence electrons. The monoisotopic (exact) mass is 502 g/mol. The summed E-state index contributed by atoms with van der Waals surface area (Å²) >= 11 is 1.27. The third kappa shape index (κ3) is 5.11. The smallest absolute Gasteiger partial charge is 0.352 e. The van der Waals surface area contributed by atoms with Crippen molar-refractivity contribution in [2.45, 2.75) is 24.9 Å². The number of hydrogen-bond acceptors (Lipinski definition) is 9. The van der Waals surface area contributed by atoms with E-state index in [-0.39, 0.29) is 30.4 Å². The van der Waals surface area contributed by atoms with Crippen LogP contribution in [-0.2, 0) is 25.7 Å². The molecule has 1 fully saturated rings. The van der Waals surface area contributed by atoms with E-state index in [9.17, 15) is 24.3 Å². The fourth-order valence-electron chi connectivity index (χ4n) is 3.60. The fraction of sp³-hybridized carbons (Fsp3) is 0.304. The van der Waals surface area contributed by atoms with Gasteiger partial charge in [0.15, 0.2) is 5.76 Å². The first kappa shape index (κ1) is 24.2. The third-order valence-electron chi connectivity index (χ3n) is 5.31. The van der Waals surface area contributed by atoms with Crippen LogP contribution in [-0.4, -0.2) is 64.6 Å². The highest BCUT2D eigenvalue weighted by Gasteiger charge is 2.54. The Morgan fingerprint density at radius 2 is 1.86 bits per heavy atom. The zero-order chi connectivity index (χ0) is 25.1. The summed E-state index contributed by atoms with van der Waals surface area (Å²) in [7, 11) is 1.57. The molecular formula is C23H22N2O9S. The van der Waals surface area contributed by atoms with Crippen LogP contribution in [0.2, 0.25) is 0 Å². The van der Waals surface area contributed by atoms with Gasteiger partial charge in [0, 0.05) is 18.2 Å². The number of furan rings is 1. The van der Waals surface area contributed by atoms with Crippen molar-refractivity contribution in [2.24, 2.45) is 0 Å². The fourth-order valence-corrected chi connectivity index (χ4v) is 4.93. The summed E-state index contributed by atoms with van der Waals surface area (Å²) in [5, 5.41) is 11.6. The van der Waals surface area contributed by atoms with Crippen LogP contribution in [0.4, 0.5) is 0 Å². The highest BCUT2D eigenvalue weighted by molar-refractivity contribution is 8.00. The van der Waals surface area contributed by atoms with E-state index in [0.29, 0.717) is 22.8 Å². The first-order chi connectivity index (χ1) is 16.8.